The SMILES string of the molecule is C#Cc1c(F)ccc2cc(O)cc(-c3ncc4c(N5CC6CCC(C5)N6)nc(OCCN5CCC(CN6CCC(CC7CCN(c8ccc9c(c8F)n(C(C)C)c(=O)n9C8CCC(=O)NC8=O)CC7)CC6)CC5)nc4c3F)c12. The first-order valence-electron chi connectivity index (χ1n) is 28.2. The summed E-state index contributed by atoms with van der Waals surface area (Å²) in [6.45, 7) is 12.8. The fourth-order valence-electron chi connectivity index (χ4n) is 13.8. The number of nitrogens with one attached hydrogen (secondary N) is 2. The van der Waals surface area contributed by atoms with Gasteiger partial charge >= 0.3 is 11.7 Å². The Kier molecular flexibility index (Phi) is 14.3. The van der Waals surface area contributed by atoms with Gasteiger partial charge in [0.1, 0.15) is 46.8 Å². The maximum absolute atomic E-state index is 17.1. The summed E-state index contributed by atoms with van der Waals surface area (Å²) in [5.41, 5.74) is 0.660. The number of nitrogens with zero attached hydrogens (tertiary/aromatic N) is 9. The van der Waals surface area contributed by atoms with Crippen LogP contribution in [0.1, 0.15) is 102 Å². The van der Waals surface area contributed by atoms with Crippen LogP contribution in [-0.2, 0) is 9.59 Å². The predicted octanol–water partition coefficient (Wildman–Crippen LogP) is 7.67. The zero-order valence-electron chi connectivity index (χ0n) is 44.5. The smallest absolute Gasteiger partial charge is 0.330 e. The number of aromatic nitrogens is 5. The van der Waals surface area contributed by atoms with E-state index in [1.165, 1.54) is 52.7 Å². The van der Waals surface area contributed by atoms with Gasteiger partial charge in [0.15, 0.2) is 11.6 Å². The predicted molar refractivity (Wildman–Crippen MR) is 293 cm³/mol. The Morgan fingerprint density at radius 2 is 1.53 bits per heavy atom. The molecule has 2 amide bonds. The van der Waals surface area contributed by atoms with Gasteiger partial charge in [-0.05, 0) is 158 Å². The molecule has 3 unspecified atom stereocenters. The van der Waals surface area contributed by atoms with Gasteiger partial charge in [-0.1, -0.05) is 12.0 Å². The van der Waals surface area contributed by atoms with Crippen molar-refractivity contribution in [1.82, 2.24) is 44.5 Å². The first-order chi connectivity index (χ1) is 37.8. The summed E-state index contributed by atoms with van der Waals surface area (Å²) in [4.78, 5) is 61.9. The molecule has 3 N–H and O–H groups in total. The van der Waals surface area contributed by atoms with Gasteiger partial charge in [-0.25, -0.2) is 18.0 Å². The lowest BCUT2D eigenvalue weighted by Gasteiger charge is -2.39. The lowest BCUT2D eigenvalue weighted by atomic mass is 9.82. The molecule has 6 fully saturated rings. The molecule has 6 aliphatic heterocycles. The Morgan fingerprint density at radius 3 is 2.23 bits per heavy atom. The molecule has 16 nitrogen and oxygen atoms in total. The fraction of sp³-hybridized carbons (Fsp3) is 0.525. The Hall–Kier alpha value is -6.75. The summed E-state index contributed by atoms with van der Waals surface area (Å²) in [6, 6.07) is 8.52. The Bertz CT molecular complexity index is 3400. The van der Waals surface area contributed by atoms with Crippen LogP contribution < -0.4 is 30.9 Å². The second kappa shape index (κ2) is 21.5. The van der Waals surface area contributed by atoms with Gasteiger partial charge in [-0.15, -0.1) is 6.42 Å². The number of benzene rings is 3. The summed E-state index contributed by atoms with van der Waals surface area (Å²) < 4.78 is 57.8. The number of rotatable bonds is 13. The highest BCUT2D eigenvalue weighted by Gasteiger charge is 2.37. The number of hydrogen-bond donors (Lipinski definition) is 3. The van der Waals surface area contributed by atoms with Crippen LogP contribution in [-0.4, -0.2) is 135 Å². The molecule has 2 bridgehead atoms. The number of imide groups is 1. The number of halogens is 3. The van der Waals surface area contributed by atoms with Crippen LogP contribution in [0.2, 0.25) is 0 Å². The van der Waals surface area contributed by atoms with Gasteiger partial charge < -0.3 is 29.9 Å². The second-order valence-corrected chi connectivity index (χ2v) is 23.1. The number of anilines is 2. The van der Waals surface area contributed by atoms with Gasteiger partial charge in [-0.2, -0.15) is 9.97 Å². The van der Waals surface area contributed by atoms with Gasteiger partial charge in [0.05, 0.1) is 22.2 Å². The Labute approximate surface area is 451 Å². The maximum atomic E-state index is 17.1. The number of carbonyl (C=O) groups excluding carboxylic acids is 2. The zero-order chi connectivity index (χ0) is 53.9. The van der Waals surface area contributed by atoms with E-state index in [0.717, 1.165) is 84.3 Å². The van der Waals surface area contributed by atoms with Crippen LogP contribution in [0.25, 0.3) is 44.0 Å². The Morgan fingerprint density at radius 1 is 0.821 bits per heavy atom. The number of likely N-dealkylation sites (tertiary alicyclic amines) is 2. The molecule has 0 saturated carbocycles. The van der Waals surface area contributed by atoms with Crippen LogP contribution >= 0.6 is 0 Å². The van der Waals surface area contributed by atoms with Crippen LogP contribution in [0, 0.1) is 47.5 Å². The van der Waals surface area contributed by atoms with E-state index in [2.05, 4.69) is 46.1 Å². The van der Waals surface area contributed by atoms with Gasteiger partial charge in [0.2, 0.25) is 11.8 Å². The molecule has 6 aromatic rings. The third-order valence-electron chi connectivity index (χ3n) is 17.8. The topological polar surface area (TPSA) is 166 Å². The molecule has 410 valence electrons. The molecule has 6 aliphatic rings. The van der Waals surface area contributed by atoms with E-state index in [9.17, 15) is 19.5 Å². The minimum atomic E-state index is -0.869. The van der Waals surface area contributed by atoms with Crippen molar-refractivity contribution in [1.29, 1.82) is 0 Å². The number of piperidine rings is 4. The van der Waals surface area contributed by atoms with Gasteiger partial charge in [0.25, 0.3) is 0 Å². The van der Waals surface area contributed by atoms with Crippen LogP contribution in [0.4, 0.5) is 24.7 Å². The summed E-state index contributed by atoms with van der Waals surface area (Å²) >= 11 is 0. The van der Waals surface area contributed by atoms with Crippen LogP contribution in [0.3, 0.4) is 0 Å². The molecule has 3 atom stereocenters. The molecular weight excluding hydrogens is 1000 g/mol. The number of phenolic OH excluding ortho intramolecular Hbond substituents is 1. The largest absolute Gasteiger partial charge is 0.508 e. The number of phenols is 1. The first-order valence-corrected chi connectivity index (χ1v) is 28.2. The van der Waals surface area contributed by atoms with Crippen molar-refractivity contribution in [2.45, 2.75) is 109 Å². The molecule has 3 aromatic carbocycles. The molecule has 12 rings (SSSR count). The number of aromatic hydroxyl groups is 1. The number of amides is 2. The van der Waals surface area contributed by atoms with Crippen LogP contribution in [0.15, 0.2) is 47.4 Å². The zero-order valence-corrected chi connectivity index (χ0v) is 44.5. The first kappa shape index (κ1) is 52.0. The second-order valence-electron chi connectivity index (χ2n) is 23.1. The quantitative estimate of drug-likeness (QED) is 0.0763. The summed E-state index contributed by atoms with van der Waals surface area (Å²) in [7, 11) is 0. The minimum absolute atomic E-state index is 0.0278. The van der Waals surface area contributed by atoms with E-state index in [0.29, 0.717) is 83.9 Å². The highest BCUT2D eigenvalue weighted by Crippen LogP contribution is 2.41. The number of piperazine rings is 1. The van der Waals surface area contributed by atoms with Crippen LogP contribution in [0.5, 0.6) is 11.8 Å². The van der Waals surface area contributed by atoms with E-state index in [4.69, 9.17) is 16.1 Å². The summed E-state index contributed by atoms with van der Waals surface area (Å²) in [5, 5.41) is 17.9. The minimum Gasteiger partial charge on any atom is -0.508 e. The average Bonchev–Trinajstić information content (AvgIpc) is 4.15. The standard InChI is InChI=1S/C59H68F3N11O5/c1-4-42-45(60)8-5-38-28-41(74)29-43(50(38)42)53-52(62)54-44(30-63-53)56(71-32-39-6-7-40(33-71)64-39)67-58(66-54)78-26-25-68-19-15-37(16-20-68)31-69-21-13-35(14-22-69)27-36-17-23-70(24-18-36)46-9-10-47-55(51(46)61)72(34(2)3)59(77)73(47)48-11-12-49(75)65-57(48)76/h1,5,8-10,28-30,34-37,39-40,48,64,74H,6-7,11-27,31-33H2,2-3H3,(H,65,75,76). The number of terminal acetylenes is 1. The molecule has 78 heavy (non-hydrogen) atoms. The van der Waals surface area contributed by atoms with Crippen molar-refractivity contribution in [2.24, 2.45) is 17.8 Å². The lowest BCUT2D eigenvalue weighted by Crippen LogP contribution is -2.51. The lowest BCUT2D eigenvalue weighted by molar-refractivity contribution is -0.135. The molecule has 19 heteroatoms. The van der Waals surface area contributed by atoms with E-state index in [1.807, 2.05) is 13.8 Å². The number of hydrogen-bond acceptors (Lipinski definition) is 13. The maximum Gasteiger partial charge on any atom is 0.330 e. The van der Waals surface area contributed by atoms with Crippen molar-refractivity contribution in [3.8, 4) is 35.4 Å². The third-order valence-corrected chi connectivity index (χ3v) is 17.8. The number of fused-ring (bicyclic) bond motifs is 5. The number of ether oxygens (including phenoxy) is 1. The van der Waals surface area contributed by atoms with E-state index in [1.54, 1.807) is 18.3 Å². The summed E-state index contributed by atoms with van der Waals surface area (Å²) in [6.07, 6.45) is 17.5. The average molecular weight is 1070 g/mol. The normalized spacial score (nSPS) is 22.3. The van der Waals surface area contributed by atoms with Crippen molar-refractivity contribution in [3.05, 3.63) is 76.1 Å². The number of carbonyl (C=O) groups is 2. The number of imidazole rings is 1. The monoisotopic (exact) mass is 1070 g/mol. The number of pyridine rings is 1. The highest BCUT2D eigenvalue weighted by atomic mass is 19.1. The molecule has 6 saturated heterocycles. The molecular formula is C59H68F3N11O5. The van der Waals surface area contributed by atoms with Crippen molar-refractivity contribution in [3.63, 3.8) is 0 Å². The van der Waals surface area contributed by atoms with E-state index >= 15 is 13.2 Å². The van der Waals surface area contributed by atoms with E-state index in [-0.39, 0.29) is 69.8 Å². The summed E-state index contributed by atoms with van der Waals surface area (Å²) in [5.74, 6) is 2.00. The third kappa shape index (κ3) is 9.93. The van der Waals surface area contributed by atoms with Crippen molar-refractivity contribution in [2.75, 3.05) is 81.9 Å². The molecule has 0 aliphatic carbocycles. The molecule has 3 aromatic heterocycles. The Balaban J connectivity index is 0.631. The molecule has 0 radical (unpaired) electrons. The van der Waals surface area contributed by atoms with E-state index < -0.39 is 35.1 Å². The fourth-order valence-corrected chi connectivity index (χ4v) is 13.8. The van der Waals surface area contributed by atoms with Gasteiger partial charge in [-0.3, -0.25) is 33.9 Å². The van der Waals surface area contributed by atoms with Gasteiger partial charge in [0, 0.05) is 81.0 Å². The van der Waals surface area contributed by atoms with Crippen molar-refractivity contribution < 1.29 is 32.6 Å². The molecule has 9 heterocycles. The van der Waals surface area contributed by atoms with Crippen molar-refractivity contribution >= 4 is 56.0 Å². The molecule has 0 spiro atoms. The highest BCUT2D eigenvalue weighted by molar-refractivity contribution is 6.03.